The highest BCUT2D eigenvalue weighted by molar-refractivity contribution is 9.10. The first kappa shape index (κ1) is 11.5. The lowest BCUT2D eigenvalue weighted by Gasteiger charge is -2.09. The molecule has 0 radical (unpaired) electrons. The highest BCUT2D eigenvalue weighted by Gasteiger charge is 1.94. The first-order chi connectivity index (χ1) is 6.79. The molecule has 0 amide bonds. The maximum absolute atomic E-state index is 8.74. The van der Waals surface area contributed by atoms with Gasteiger partial charge in [0.1, 0.15) is 5.75 Å². The maximum atomic E-state index is 8.74. The van der Waals surface area contributed by atoms with Crippen LogP contribution in [0.4, 0.5) is 0 Å². The van der Waals surface area contributed by atoms with Crippen molar-refractivity contribution in [2.75, 3.05) is 26.4 Å². The Balaban J connectivity index is 0.000000146. The molecular formula is C10H13BrO3. The summed E-state index contributed by atoms with van der Waals surface area (Å²) in [6.07, 6.45) is 0. The fourth-order valence-electron chi connectivity index (χ4n) is 0.881. The second-order valence-corrected chi connectivity index (χ2v) is 3.62. The molecule has 1 aliphatic heterocycles. The number of hydrogen-bond acceptors (Lipinski definition) is 3. The van der Waals surface area contributed by atoms with E-state index in [0.29, 0.717) is 5.75 Å². The van der Waals surface area contributed by atoms with Crippen LogP contribution in [0.15, 0.2) is 28.7 Å². The van der Waals surface area contributed by atoms with E-state index in [1.54, 1.807) is 24.3 Å². The fourth-order valence-corrected chi connectivity index (χ4v) is 1.15. The van der Waals surface area contributed by atoms with E-state index in [2.05, 4.69) is 15.9 Å². The fraction of sp³-hybridized carbons (Fsp3) is 0.400. The van der Waals surface area contributed by atoms with E-state index < -0.39 is 0 Å². The third-order valence-corrected chi connectivity index (χ3v) is 2.10. The summed E-state index contributed by atoms with van der Waals surface area (Å²) < 4.78 is 10.9. The lowest BCUT2D eigenvalue weighted by Crippen LogP contribution is -2.16. The third-order valence-electron chi connectivity index (χ3n) is 1.57. The van der Waals surface area contributed by atoms with Crippen molar-refractivity contribution in [2.24, 2.45) is 0 Å². The molecule has 14 heavy (non-hydrogen) atoms. The predicted octanol–water partition coefficient (Wildman–Crippen LogP) is 2.19. The van der Waals surface area contributed by atoms with Crippen molar-refractivity contribution in [2.45, 2.75) is 0 Å². The highest BCUT2D eigenvalue weighted by Crippen LogP contribution is 2.13. The first-order valence-corrected chi connectivity index (χ1v) is 5.18. The Morgan fingerprint density at radius 3 is 1.64 bits per heavy atom. The molecule has 2 rings (SSSR count). The van der Waals surface area contributed by atoms with Gasteiger partial charge in [0.05, 0.1) is 26.4 Å². The second kappa shape index (κ2) is 6.81. The molecule has 1 aromatic rings. The lowest BCUT2D eigenvalue weighted by molar-refractivity contribution is -0.0334. The molecule has 1 aliphatic rings. The van der Waals surface area contributed by atoms with Gasteiger partial charge in [-0.25, -0.2) is 0 Å². The minimum Gasteiger partial charge on any atom is -0.508 e. The van der Waals surface area contributed by atoms with Crippen LogP contribution in [-0.2, 0) is 9.47 Å². The van der Waals surface area contributed by atoms with Crippen molar-refractivity contribution >= 4 is 15.9 Å². The number of phenolic OH excluding ortho intramolecular Hbond substituents is 1. The number of hydrogen-bond donors (Lipinski definition) is 1. The lowest BCUT2D eigenvalue weighted by atomic mass is 10.3. The van der Waals surface area contributed by atoms with Gasteiger partial charge in [0.15, 0.2) is 0 Å². The van der Waals surface area contributed by atoms with E-state index in [4.69, 9.17) is 14.6 Å². The van der Waals surface area contributed by atoms with E-state index in [1.807, 2.05) is 0 Å². The van der Waals surface area contributed by atoms with Crippen LogP contribution >= 0.6 is 15.9 Å². The van der Waals surface area contributed by atoms with Crippen LogP contribution in [0, 0.1) is 0 Å². The van der Waals surface area contributed by atoms with Gasteiger partial charge in [-0.05, 0) is 24.3 Å². The van der Waals surface area contributed by atoms with E-state index in [0.717, 1.165) is 30.9 Å². The van der Waals surface area contributed by atoms with Gasteiger partial charge < -0.3 is 14.6 Å². The number of benzene rings is 1. The van der Waals surface area contributed by atoms with Crippen LogP contribution in [0.25, 0.3) is 0 Å². The Morgan fingerprint density at radius 2 is 1.36 bits per heavy atom. The SMILES string of the molecule is C1COCCO1.Oc1ccc(Br)cc1. The Labute approximate surface area is 91.8 Å². The minimum atomic E-state index is 0.299. The molecule has 0 bridgehead atoms. The van der Waals surface area contributed by atoms with E-state index in [1.165, 1.54) is 0 Å². The first-order valence-electron chi connectivity index (χ1n) is 4.39. The highest BCUT2D eigenvalue weighted by atomic mass is 79.9. The summed E-state index contributed by atoms with van der Waals surface area (Å²) in [5.74, 6) is 0.299. The molecule has 0 aromatic heterocycles. The monoisotopic (exact) mass is 260 g/mol. The number of rotatable bonds is 0. The number of phenols is 1. The molecule has 0 saturated carbocycles. The summed E-state index contributed by atoms with van der Waals surface area (Å²) in [4.78, 5) is 0. The van der Waals surface area contributed by atoms with Crippen molar-refractivity contribution in [1.29, 1.82) is 0 Å². The summed E-state index contributed by atoms with van der Waals surface area (Å²) in [7, 11) is 0. The van der Waals surface area contributed by atoms with Crippen molar-refractivity contribution < 1.29 is 14.6 Å². The summed E-state index contributed by atoms with van der Waals surface area (Å²) in [6, 6.07) is 6.83. The minimum absolute atomic E-state index is 0.299. The predicted molar refractivity (Wildman–Crippen MR) is 57.4 cm³/mol. The van der Waals surface area contributed by atoms with Crippen molar-refractivity contribution in [1.82, 2.24) is 0 Å². The molecule has 1 fully saturated rings. The quantitative estimate of drug-likeness (QED) is 0.778. The van der Waals surface area contributed by atoms with Gasteiger partial charge in [-0.3, -0.25) is 0 Å². The normalized spacial score (nSPS) is 15.5. The standard InChI is InChI=1S/C6H5BrO.C4H8O2/c7-5-1-3-6(8)4-2-5;1-2-6-4-3-5-1/h1-4,8H;1-4H2. The largest absolute Gasteiger partial charge is 0.508 e. The second-order valence-electron chi connectivity index (χ2n) is 2.70. The smallest absolute Gasteiger partial charge is 0.115 e. The van der Waals surface area contributed by atoms with Gasteiger partial charge in [0.2, 0.25) is 0 Å². The Hall–Kier alpha value is -0.580. The maximum Gasteiger partial charge on any atom is 0.115 e. The van der Waals surface area contributed by atoms with E-state index >= 15 is 0 Å². The summed E-state index contributed by atoms with van der Waals surface area (Å²) in [5.41, 5.74) is 0. The van der Waals surface area contributed by atoms with Crippen molar-refractivity contribution in [3.8, 4) is 5.75 Å². The molecule has 0 unspecified atom stereocenters. The Morgan fingerprint density at radius 1 is 0.929 bits per heavy atom. The van der Waals surface area contributed by atoms with Gasteiger partial charge >= 0.3 is 0 Å². The molecule has 4 heteroatoms. The molecular weight excluding hydrogens is 248 g/mol. The van der Waals surface area contributed by atoms with Crippen molar-refractivity contribution in [3.05, 3.63) is 28.7 Å². The van der Waals surface area contributed by atoms with Crippen LogP contribution in [0.2, 0.25) is 0 Å². The number of aromatic hydroxyl groups is 1. The van der Waals surface area contributed by atoms with E-state index in [9.17, 15) is 0 Å². The molecule has 1 heterocycles. The van der Waals surface area contributed by atoms with Gasteiger partial charge in [0.25, 0.3) is 0 Å². The molecule has 3 nitrogen and oxygen atoms in total. The van der Waals surface area contributed by atoms with E-state index in [-0.39, 0.29) is 0 Å². The summed E-state index contributed by atoms with van der Waals surface area (Å²) in [5, 5.41) is 8.74. The number of halogens is 1. The molecule has 78 valence electrons. The molecule has 1 N–H and O–H groups in total. The zero-order chi connectivity index (χ0) is 10.2. The Bertz CT molecular complexity index is 212. The molecule has 0 spiro atoms. The molecule has 0 aliphatic carbocycles. The molecule has 1 aromatic carbocycles. The van der Waals surface area contributed by atoms with Crippen LogP contribution < -0.4 is 0 Å². The average molecular weight is 261 g/mol. The van der Waals surface area contributed by atoms with Gasteiger partial charge in [-0.15, -0.1) is 0 Å². The zero-order valence-electron chi connectivity index (χ0n) is 7.78. The van der Waals surface area contributed by atoms with Gasteiger partial charge in [0, 0.05) is 4.47 Å². The van der Waals surface area contributed by atoms with Crippen LogP contribution in [0.5, 0.6) is 5.75 Å². The van der Waals surface area contributed by atoms with Crippen LogP contribution in [-0.4, -0.2) is 31.5 Å². The number of ether oxygens (including phenoxy) is 2. The van der Waals surface area contributed by atoms with Crippen molar-refractivity contribution in [3.63, 3.8) is 0 Å². The zero-order valence-corrected chi connectivity index (χ0v) is 9.37. The topological polar surface area (TPSA) is 38.7 Å². The Kier molecular flexibility index (Phi) is 5.59. The summed E-state index contributed by atoms with van der Waals surface area (Å²) in [6.45, 7) is 3.11. The van der Waals surface area contributed by atoms with Gasteiger partial charge in [-0.2, -0.15) is 0 Å². The molecule has 0 atom stereocenters. The average Bonchev–Trinajstić information content (AvgIpc) is 2.26. The van der Waals surface area contributed by atoms with Gasteiger partial charge in [-0.1, -0.05) is 15.9 Å². The van der Waals surface area contributed by atoms with Crippen LogP contribution in [0.3, 0.4) is 0 Å². The van der Waals surface area contributed by atoms with Crippen LogP contribution in [0.1, 0.15) is 0 Å². The third kappa shape index (κ3) is 5.21. The molecule has 1 saturated heterocycles. The summed E-state index contributed by atoms with van der Waals surface area (Å²) >= 11 is 3.23.